The molecule has 0 atom stereocenters. The molecule has 1 fully saturated rings. The minimum absolute atomic E-state index is 0.611. The molecular formula is C22H27ClN4OS2. The fraction of sp³-hybridized carbons (Fsp3) is 0.455. The fourth-order valence-electron chi connectivity index (χ4n) is 3.67. The lowest BCUT2D eigenvalue weighted by molar-refractivity contribution is 0.415. The topological polar surface area (TPSA) is 42.7 Å². The molecule has 30 heavy (non-hydrogen) atoms. The van der Waals surface area contributed by atoms with Gasteiger partial charge in [-0.2, -0.15) is 11.8 Å². The Labute approximate surface area is 191 Å². The standard InChI is InChI=1S/C22H27ClN4OS2/c1-28-16-7-8-17(18(23)13-16)19-20-25-21(30-3)22(27(20)11-9-24-19)26(10-4-12-29-2)14-15-5-6-15/h7-9,11,13,15H,4-6,10,12,14H2,1-3H3. The predicted molar refractivity (Wildman–Crippen MR) is 130 cm³/mol. The normalized spacial score (nSPS) is 13.7. The maximum atomic E-state index is 6.57. The van der Waals surface area contributed by atoms with Gasteiger partial charge in [0.15, 0.2) is 5.65 Å². The van der Waals surface area contributed by atoms with Gasteiger partial charge in [-0.3, -0.25) is 9.38 Å². The van der Waals surface area contributed by atoms with Crippen LogP contribution in [0.4, 0.5) is 5.82 Å². The number of ether oxygens (including phenoxy) is 1. The Balaban J connectivity index is 1.80. The second-order valence-corrected chi connectivity index (χ2v) is 9.68. The van der Waals surface area contributed by atoms with Crippen LogP contribution in [-0.2, 0) is 0 Å². The summed E-state index contributed by atoms with van der Waals surface area (Å²) in [6, 6.07) is 5.69. The number of halogens is 1. The number of hydrogen-bond acceptors (Lipinski definition) is 6. The lowest BCUT2D eigenvalue weighted by Gasteiger charge is -2.25. The third-order valence-corrected chi connectivity index (χ3v) is 7.03. The first-order valence-electron chi connectivity index (χ1n) is 10.1. The molecule has 0 radical (unpaired) electrons. The molecule has 0 saturated heterocycles. The van der Waals surface area contributed by atoms with Crippen molar-refractivity contribution in [3.05, 3.63) is 35.6 Å². The molecule has 4 rings (SSSR count). The summed E-state index contributed by atoms with van der Waals surface area (Å²) in [6.07, 6.45) is 12.0. The van der Waals surface area contributed by atoms with Crippen LogP contribution in [-0.4, -0.2) is 52.8 Å². The molecule has 0 N–H and O–H groups in total. The van der Waals surface area contributed by atoms with Gasteiger partial charge in [-0.1, -0.05) is 11.6 Å². The van der Waals surface area contributed by atoms with E-state index in [2.05, 4.69) is 26.8 Å². The van der Waals surface area contributed by atoms with Crippen molar-refractivity contribution >= 4 is 46.6 Å². The first kappa shape index (κ1) is 21.7. The van der Waals surface area contributed by atoms with E-state index in [-0.39, 0.29) is 0 Å². The number of nitrogens with zero attached hydrogens (tertiary/aromatic N) is 4. The summed E-state index contributed by atoms with van der Waals surface area (Å²) in [5.41, 5.74) is 2.50. The molecule has 1 saturated carbocycles. The number of aromatic nitrogens is 3. The molecule has 2 heterocycles. The largest absolute Gasteiger partial charge is 0.497 e. The van der Waals surface area contributed by atoms with Gasteiger partial charge in [0.05, 0.1) is 12.1 Å². The van der Waals surface area contributed by atoms with E-state index in [0.717, 1.165) is 53.1 Å². The van der Waals surface area contributed by atoms with Gasteiger partial charge in [0.25, 0.3) is 0 Å². The fourth-order valence-corrected chi connectivity index (χ4v) is 4.93. The lowest BCUT2D eigenvalue weighted by atomic mass is 10.1. The monoisotopic (exact) mass is 462 g/mol. The lowest BCUT2D eigenvalue weighted by Crippen LogP contribution is -2.29. The summed E-state index contributed by atoms with van der Waals surface area (Å²) < 4.78 is 7.49. The van der Waals surface area contributed by atoms with E-state index in [9.17, 15) is 0 Å². The second kappa shape index (κ2) is 9.71. The van der Waals surface area contributed by atoms with E-state index >= 15 is 0 Å². The van der Waals surface area contributed by atoms with Crippen molar-refractivity contribution in [2.24, 2.45) is 5.92 Å². The average Bonchev–Trinajstić information content (AvgIpc) is 3.50. The second-order valence-electron chi connectivity index (χ2n) is 7.50. The van der Waals surface area contributed by atoms with Gasteiger partial charge in [-0.25, -0.2) is 4.98 Å². The van der Waals surface area contributed by atoms with Gasteiger partial charge in [0.2, 0.25) is 0 Å². The van der Waals surface area contributed by atoms with Crippen LogP contribution in [0.15, 0.2) is 35.6 Å². The van der Waals surface area contributed by atoms with Gasteiger partial charge in [0, 0.05) is 31.0 Å². The molecular weight excluding hydrogens is 436 g/mol. The minimum Gasteiger partial charge on any atom is -0.497 e. The molecule has 5 nitrogen and oxygen atoms in total. The number of benzene rings is 1. The number of fused-ring (bicyclic) bond motifs is 1. The molecule has 2 aromatic heterocycles. The molecule has 0 aliphatic heterocycles. The van der Waals surface area contributed by atoms with E-state index < -0.39 is 0 Å². The average molecular weight is 463 g/mol. The third-order valence-electron chi connectivity index (χ3n) is 5.36. The predicted octanol–water partition coefficient (Wildman–Crippen LogP) is 5.75. The Morgan fingerprint density at radius 1 is 1.30 bits per heavy atom. The zero-order valence-electron chi connectivity index (χ0n) is 17.6. The van der Waals surface area contributed by atoms with Crippen LogP contribution < -0.4 is 9.64 Å². The zero-order valence-corrected chi connectivity index (χ0v) is 20.0. The maximum Gasteiger partial charge on any atom is 0.166 e. The summed E-state index contributed by atoms with van der Waals surface area (Å²) >= 11 is 10.2. The van der Waals surface area contributed by atoms with Gasteiger partial charge in [0.1, 0.15) is 22.3 Å². The highest BCUT2D eigenvalue weighted by atomic mass is 35.5. The van der Waals surface area contributed by atoms with Gasteiger partial charge in [-0.15, -0.1) is 11.8 Å². The molecule has 160 valence electrons. The Hall–Kier alpha value is -1.57. The molecule has 0 amide bonds. The number of hydrogen-bond donors (Lipinski definition) is 0. The van der Waals surface area contributed by atoms with Crippen molar-refractivity contribution in [2.75, 3.05) is 43.4 Å². The van der Waals surface area contributed by atoms with Crippen LogP contribution in [0.2, 0.25) is 5.02 Å². The van der Waals surface area contributed by atoms with Crippen LogP contribution >= 0.6 is 35.1 Å². The Morgan fingerprint density at radius 3 is 2.80 bits per heavy atom. The Bertz CT molecular complexity index is 1020. The Kier molecular flexibility index (Phi) is 7.01. The zero-order chi connectivity index (χ0) is 21.1. The molecule has 0 spiro atoms. The summed E-state index contributed by atoms with van der Waals surface area (Å²) in [5.74, 6) is 3.88. The van der Waals surface area contributed by atoms with Gasteiger partial charge < -0.3 is 9.64 Å². The summed E-state index contributed by atoms with van der Waals surface area (Å²) in [6.45, 7) is 2.14. The molecule has 0 unspecified atom stereocenters. The van der Waals surface area contributed by atoms with Gasteiger partial charge in [-0.05, 0) is 61.6 Å². The minimum atomic E-state index is 0.611. The number of methoxy groups -OCH3 is 1. The number of imidazole rings is 1. The molecule has 1 aromatic carbocycles. The van der Waals surface area contributed by atoms with Crippen LogP contribution in [0, 0.1) is 5.92 Å². The van der Waals surface area contributed by atoms with Crippen molar-refractivity contribution in [1.82, 2.24) is 14.4 Å². The van der Waals surface area contributed by atoms with E-state index in [1.807, 2.05) is 42.4 Å². The van der Waals surface area contributed by atoms with Crippen molar-refractivity contribution < 1.29 is 4.74 Å². The van der Waals surface area contributed by atoms with Crippen molar-refractivity contribution in [3.63, 3.8) is 0 Å². The van der Waals surface area contributed by atoms with Crippen molar-refractivity contribution in [3.8, 4) is 17.0 Å². The van der Waals surface area contributed by atoms with Crippen LogP contribution in [0.3, 0.4) is 0 Å². The smallest absolute Gasteiger partial charge is 0.166 e. The molecule has 3 aromatic rings. The number of anilines is 1. The van der Waals surface area contributed by atoms with Crippen LogP contribution in [0.1, 0.15) is 19.3 Å². The summed E-state index contributed by atoms with van der Waals surface area (Å²) in [7, 11) is 1.64. The quantitative estimate of drug-likeness (QED) is 0.282. The van der Waals surface area contributed by atoms with Crippen LogP contribution in [0.25, 0.3) is 16.9 Å². The first-order valence-corrected chi connectivity index (χ1v) is 13.1. The molecule has 1 aliphatic carbocycles. The number of thioether (sulfide) groups is 2. The highest BCUT2D eigenvalue weighted by molar-refractivity contribution is 7.98. The van der Waals surface area contributed by atoms with Crippen molar-refractivity contribution in [2.45, 2.75) is 24.3 Å². The van der Waals surface area contributed by atoms with Crippen molar-refractivity contribution in [1.29, 1.82) is 0 Å². The molecule has 8 heteroatoms. The molecule has 1 aliphatic rings. The highest BCUT2D eigenvalue weighted by Crippen LogP contribution is 2.38. The number of rotatable bonds is 10. The third kappa shape index (κ3) is 4.53. The SMILES string of the molecule is COc1ccc(-c2nccn3c(N(CCCSC)CC4CC4)c(SC)nc23)c(Cl)c1. The van der Waals surface area contributed by atoms with E-state index in [0.29, 0.717) is 5.02 Å². The maximum absolute atomic E-state index is 6.57. The first-order chi connectivity index (χ1) is 14.7. The van der Waals surface area contributed by atoms with E-state index in [1.54, 1.807) is 18.9 Å². The van der Waals surface area contributed by atoms with Crippen LogP contribution in [0.5, 0.6) is 5.75 Å². The summed E-state index contributed by atoms with van der Waals surface area (Å²) in [5, 5.41) is 1.65. The molecule has 0 bridgehead atoms. The summed E-state index contributed by atoms with van der Waals surface area (Å²) in [4.78, 5) is 12.2. The van der Waals surface area contributed by atoms with Gasteiger partial charge >= 0.3 is 0 Å². The van der Waals surface area contributed by atoms with E-state index in [4.69, 9.17) is 21.3 Å². The van der Waals surface area contributed by atoms with E-state index in [1.165, 1.54) is 24.4 Å². The highest BCUT2D eigenvalue weighted by Gasteiger charge is 2.28. The Morgan fingerprint density at radius 2 is 2.13 bits per heavy atom.